The van der Waals surface area contributed by atoms with Gasteiger partial charge < -0.3 is 5.32 Å². The van der Waals surface area contributed by atoms with Gasteiger partial charge in [0.2, 0.25) is 0 Å². The van der Waals surface area contributed by atoms with E-state index in [1.165, 1.54) is 58.0 Å². The van der Waals surface area contributed by atoms with Crippen LogP contribution in [0.3, 0.4) is 0 Å². The normalized spacial score (nSPS) is 43.0. The van der Waals surface area contributed by atoms with Gasteiger partial charge in [0.15, 0.2) is 0 Å². The first-order chi connectivity index (χ1) is 8.79. The number of nitrogens with zero attached hydrogens (tertiary/aromatic N) is 1. The number of rotatable bonds is 3. The zero-order valence-electron chi connectivity index (χ0n) is 12.2. The van der Waals surface area contributed by atoms with Crippen LogP contribution >= 0.6 is 0 Å². The van der Waals surface area contributed by atoms with Gasteiger partial charge in [-0.3, -0.25) is 4.90 Å². The van der Waals surface area contributed by atoms with E-state index in [-0.39, 0.29) is 0 Å². The molecule has 1 N–H and O–H groups in total. The molecular weight excluding hydrogens is 220 g/mol. The lowest BCUT2D eigenvalue weighted by atomic mass is 9.82. The molecule has 3 aliphatic rings. The lowest BCUT2D eigenvalue weighted by molar-refractivity contribution is 0.0927. The predicted molar refractivity (Wildman–Crippen MR) is 76.7 cm³/mol. The molecular formula is C16H30N2. The third-order valence-electron chi connectivity index (χ3n) is 5.70. The van der Waals surface area contributed by atoms with Gasteiger partial charge in [-0.15, -0.1) is 0 Å². The van der Waals surface area contributed by atoms with Gasteiger partial charge in [-0.2, -0.15) is 0 Å². The average molecular weight is 250 g/mol. The zero-order chi connectivity index (χ0) is 12.5. The van der Waals surface area contributed by atoms with Crippen LogP contribution in [0.4, 0.5) is 0 Å². The van der Waals surface area contributed by atoms with Crippen LogP contribution in [-0.4, -0.2) is 36.1 Å². The summed E-state index contributed by atoms with van der Waals surface area (Å²) in [5.74, 6) is 1.98. The monoisotopic (exact) mass is 250 g/mol. The van der Waals surface area contributed by atoms with Gasteiger partial charge in [-0.25, -0.2) is 0 Å². The van der Waals surface area contributed by atoms with Gasteiger partial charge in [0, 0.05) is 31.2 Å². The van der Waals surface area contributed by atoms with Crippen molar-refractivity contribution < 1.29 is 0 Å². The van der Waals surface area contributed by atoms with Crippen LogP contribution in [0.1, 0.15) is 58.8 Å². The Bertz CT molecular complexity index is 272. The van der Waals surface area contributed by atoms with E-state index in [1.807, 2.05) is 0 Å². The van der Waals surface area contributed by atoms with Gasteiger partial charge in [-0.1, -0.05) is 32.6 Å². The van der Waals surface area contributed by atoms with Crippen molar-refractivity contribution in [3.05, 3.63) is 0 Å². The Morgan fingerprint density at radius 2 is 1.94 bits per heavy atom. The van der Waals surface area contributed by atoms with Gasteiger partial charge >= 0.3 is 0 Å². The Kier molecular flexibility index (Phi) is 3.95. The molecule has 0 radical (unpaired) electrons. The first kappa shape index (κ1) is 12.9. The highest BCUT2D eigenvalue weighted by Gasteiger charge is 2.44. The minimum absolute atomic E-state index is 0.756. The first-order valence-corrected chi connectivity index (χ1v) is 8.28. The van der Waals surface area contributed by atoms with E-state index in [2.05, 4.69) is 24.1 Å². The molecule has 3 rings (SSSR count). The quantitative estimate of drug-likeness (QED) is 0.828. The molecule has 3 fully saturated rings. The maximum Gasteiger partial charge on any atom is 0.0224 e. The lowest BCUT2D eigenvalue weighted by Crippen LogP contribution is -2.58. The molecule has 1 heterocycles. The van der Waals surface area contributed by atoms with E-state index in [0.717, 1.165) is 30.0 Å². The molecule has 2 aliphatic carbocycles. The van der Waals surface area contributed by atoms with Crippen LogP contribution in [0.15, 0.2) is 0 Å². The third-order valence-corrected chi connectivity index (χ3v) is 5.70. The second kappa shape index (κ2) is 5.50. The fraction of sp³-hybridized carbons (Fsp3) is 1.00. The molecule has 2 heteroatoms. The van der Waals surface area contributed by atoms with Crippen molar-refractivity contribution >= 4 is 0 Å². The minimum atomic E-state index is 0.756. The maximum atomic E-state index is 3.84. The Morgan fingerprint density at radius 3 is 2.61 bits per heavy atom. The van der Waals surface area contributed by atoms with Crippen LogP contribution in [0.5, 0.6) is 0 Å². The smallest absolute Gasteiger partial charge is 0.0224 e. The Morgan fingerprint density at radius 1 is 1.17 bits per heavy atom. The summed E-state index contributed by atoms with van der Waals surface area (Å²) in [7, 11) is 0. The van der Waals surface area contributed by atoms with E-state index in [1.54, 1.807) is 0 Å². The summed E-state index contributed by atoms with van der Waals surface area (Å²) >= 11 is 0. The molecule has 0 aromatic rings. The number of nitrogens with one attached hydrogen (secondary N) is 1. The predicted octanol–water partition coefficient (Wildman–Crippen LogP) is 3.03. The molecule has 0 aromatic heterocycles. The average Bonchev–Trinajstić information content (AvgIpc) is 3.20. The van der Waals surface area contributed by atoms with Gasteiger partial charge in [0.1, 0.15) is 0 Å². The molecule has 104 valence electrons. The molecule has 0 bridgehead atoms. The molecule has 2 saturated carbocycles. The third kappa shape index (κ3) is 2.60. The van der Waals surface area contributed by atoms with Crippen LogP contribution in [0.2, 0.25) is 0 Å². The molecule has 18 heavy (non-hydrogen) atoms. The fourth-order valence-corrected chi connectivity index (χ4v) is 4.30. The number of hydrogen-bond donors (Lipinski definition) is 1. The lowest BCUT2D eigenvalue weighted by Gasteiger charge is -2.43. The van der Waals surface area contributed by atoms with E-state index in [4.69, 9.17) is 0 Å². The van der Waals surface area contributed by atoms with Crippen molar-refractivity contribution in [2.75, 3.05) is 13.1 Å². The van der Waals surface area contributed by atoms with Gasteiger partial charge in [0.05, 0.1) is 0 Å². The highest BCUT2D eigenvalue weighted by atomic mass is 15.3. The highest BCUT2D eigenvalue weighted by Crippen LogP contribution is 2.40. The van der Waals surface area contributed by atoms with Gasteiger partial charge in [-0.05, 0) is 38.0 Å². The van der Waals surface area contributed by atoms with Crippen molar-refractivity contribution in [2.45, 2.75) is 76.9 Å². The summed E-state index contributed by atoms with van der Waals surface area (Å²) in [6, 6.07) is 2.48. The molecule has 2 nitrogen and oxygen atoms in total. The molecule has 0 spiro atoms. The number of hydrogen-bond acceptors (Lipinski definition) is 2. The second-order valence-electron chi connectivity index (χ2n) is 6.93. The van der Waals surface area contributed by atoms with Crippen molar-refractivity contribution in [3.63, 3.8) is 0 Å². The highest BCUT2D eigenvalue weighted by molar-refractivity contribution is 5.00. The second-order valence-corrected chi connectivity index (χ2v) is 6.93. The topological polar surface area (TPSA) is 15.3 Å². The molecule has 0 amide bonds. The number of piperazine rings is 1. The van der Waals surface area contributed by atoms with Crippen LogP contribution in [-0.2, 0) is 0 Å². The van der Waals surface area contributed by atoms with Crippen molar-refractivity contribution in [2.24, 2.45) is 11.8 Å². The van der Waals surface area contributed by atoms with E-state index >= 15 is 0 Å². The van der Waals surface area contributed by atoms with Crippen molar-refractivity contribution in [1.82, 2.24) is 10.2 Å². The summed E-state index contributed by atoms with van der Waals surface area (Å²) in [5, 5.41) is 3.84. The fourth-order valence-electron chi connectivity index (χ4n) is 4.30. The van der Waals surface area contributed by atoms with E-state index < -0.39 is 0 Å². The Hall–Kier alpha value is -0.0800. The van der Waals surface area contributed by atoms with E-state index in [9.17, 15) is 0 Å². The molecule has 1 saturated heterocycles. The summed E-state index contributed by atoms with van der Waals surface area (Å²) in [5.41, 5.74) is 0. The standard InChI is InChI=1S/C16H30N2/c1-3-13-9-16(13)18-11-15(17-10-12(18)2)14-7-5-4-6-8-14/h12-17H,3-11H2,1-2H3. The summed E-state index contributed by atoms with van der Waals surface area (Å²) in [6.07, 6.45) is 10.2. The van der Waals surface area contributed by atoms with Crippen molar-refractivity contribution in [1.29, 1.82) is 0 Å². The molecule has 1 aliphatic heterocycles. The minimum Gasteiger partial charge on any atom is -0.311 e. The summed E-state index contributed by atoms with van der Waals surface area (Å²) < 4.78 is 0. The van der Waals surface area contributed by atoms with Gasteiger partial charge in [0.25, 0.3) is 0 Å². The van der Waals surface area contributed by atoms with Crippen LogP contribution in [0.25, 0.3) is 0 Å². The van der Waals surface area contributed by atoms with E-state index in [0.29, 0.717) is 0 Å². The molecule has 0 aromatic carbocycles. The summed E-state index contributed by atoms with van der Waals surface area (Å²) in [6.45, 7) is 7.31. The Labute approximate surface area is 113 Å². The first-order valence-electron chi connectivity index (χ1n) is 8.28. The summed E-state index contributed by atoms with van der Waals surface area (Å²) in [4.78, 5) is 2.84. The molecule has 4 unspecified atom stereocenters. The SMILES string of the molecule is CCC1CC1N1CC(C2CCCCC2)NCC1C. The van der Waals surface area contributed by atoms with Crippen LogP contribution in [0, 0.1) is 11.8 Å². The molecule has 4 atom stereocenters. The largest absolute Gasteiger partial charge is 0.311 e. The van der Waals surface area contributed by atoms with Crippen LogP contribution < -0.4 is 5.32 Å². The Balaban J connectivity index is 1.57. The maximum absolute atomic E-state index is 3.84. The zero-order valence-corrected chi connectivity index (χ0v) is 12.2. The van der Waals surface area contributed by atoms with Crippen molar-refractivity contribution in [3.8, 4) is 0 Å².